The third-order valence-electron chi connectivity index (χ3n) is 7.46. The fraction of sp³-hybridized carbons (Fsp3) is 0.375. The van der Waals surface area contributed by atoms with E-state index in [1.807, 2.05) is 0 Å². The quantitative estimate of drug-likeness (QED) is 0.530. The summed E-state index contributed by atoms with van der Waals surface area (Å²) in [5.74, 6) is -1.70. The molecular weight excluding hydrogens is 468 g/mol. The first-order chi connectivity index (χ1) is 16.4. The van der Waals surface area contributed by atoms with Crippen molar-refractivity contribution in [2.24, 2.45) is 0 Å². The van der Waals surface area contributed by atoms with E-state index in [0.29, 0.717) is 12.1 Å². The van der Waals surface area contributed by atoms with Crippen molar-refractivity contribution in [3.05, 3.63) is 75.5 Å². The van der Waals surface area contributed by atoms with E-state index in [1.54, 1.807) is 36.7 Å². The Morgan fingerprint density at radius 3 is 2.63 bits per heavy atom. The molecule has 3 aliphatic rings. The summed E-state index contributed by atoms with van der Waals surface area (Å²) in [6.45, 7) is 4.10. The Morgan fingerprint density at radius 1 is 1.17 bits per heavy atom. The van der Waals surface area contributed by atoms with E-state index in [1.165, 1.54) is 15.8 Å². The number of amides is 1. The Bertz CT molecular complexity index is 1480. The Labute approximate surface area is 196 Å². The van der Waals surface area contributed by atoms with Crippen molar-refractivity contribution in [3.63, 3.8) is 0 Å². The minimum absolute atomic E-state index is 0.0746. The molecule has 1 aliphatic carbocycles. The second kappa shape index (κ2) is 6.73. The van der Waals surface area contributed by atoms with E-state index < -0.39 is 34.5 Å². The van der Waals surface area contributed by atoms with Crippen LogP contribution in [0.2, 0.25) is 0 Å². The fourth-order valence-corrected chi connectivity index (χ4v) is 5.51. The van der Waals surface area contributed by atoms with Crippen LogP contribution in [0.1, 0.15) is 40.7 Å². The smallest absolute Gasteiger partial charge is 0.419 e. The Balaban J connectivity index is 1.33. The number of carbonyl (C=O) groups excluding carboxylic acids is 1. The number of hydrogen-bond donors (Lipinski definition) is 0. The number of ether oxygens (including phenoxy) is 1. The van der Waals surface area contributed by atoms with Gasteiger partial charge in [-0.15, -0.1) is 0 Å². The van der Waals surface area contributed by atoms with Crippen LogP contribution in [0.15, 0.2) is 41.6 Å². The predicted octanol–water partition coefficient (Wildman–Crippen LogP) is 3.45. The summed E-state index contributed by atoms with van der Waals surface area (Å²) < 4.78 is 63.1. The average Bonchev–Trinajstić information content (AvgIpc) is 3.02. The molecule has 1 fully saturated rings. The molecule has 2 aliphatic heterocycles. The number of nitrogens with zero attached hydrogens (tertiary/aromatic N) is 4. The summed E-state index contributed by atoms with van der Waals surface area (Å²) in [6.07, 6.45) is -1.20. The molecule has 2 aromatic heterocycles. The van der Waals surface area contributed by atoms with Crippen molar-refractivity contribution in [1.82, 2.24) is 19.0 Å². The van der Waals surface area contributed by atoms with Crippen molar-refractivity contribution >= 4 is 5.91 Å². The highest BCUT2D eigenvalue weighted by Crippen LogP contribution is 2.67. The first kappa shape index (κ1) is 21.9. The molecule has 7 nitrogen and oxygen atoms in total. The van der Waals surface area contributed by atoms with Crippen LogP contribution < -0.4 is 10.3 Å². The maximum atomic E-state index is 14.1. The molecular formula is C24H20F4N4O3. The summed E-state index contributed by atoms with van der Waals surface area (Å²) in [6, 6.07) is 4.72. The van der Waals surface area contributed by atoms with Crippen LogP contribution in [0.5, 0.6) is 5.75 Å². The minimum Gasteiger partial charge on any atom is -0.486 e. The standard InChI is InChI=1S/C24H20F4N4O3/c1-13-9-31(12-29-13)17-3-4-18-20(33)30(5-6-32(18)21(17)34)11-23-10-22(23,2)35-19-8-16(25)14(7-15(19)23)24(26,27)28/h3-4,7-9,12H,5-6,10-11H2,1-2H3/t22-,23+/m1/s1. The number of rotatable bonds is 3. The molecule has 2 atom stereocenters. The van der Waals surface area contributed by atoms with Crippen LogP contribution in [0, 0.1) is 12.7 Å². The molecule has 0 radical (unpaired) electrons. The monoisotopic (exact) mass is 488 g/mol. The highest BCUT2D eigenvalue weighted by molar-refractivity contribution is 5.93. The number of fused-ring (bicyclic) bond motifs is 4. The van der Waals surface area contributed by atoms with Gasteiger partial charge in [0.05, 0.1) is 23.0 Å². The number of imidazole rings is 1. The first-order valence-corrected chi connectivity index (χ1v) is 11.1. The van der Waals surface area contributed by atoms with E-state index in [0.717, 1.165) is 17.8 Å². The zero-order valence-corrected chi connectivity index (χ0v) is 18.8. The lowest BCUT2D eigenvalue weighted by atomic mass is 9.90. The topological polar surface area (TPSA) is 69.4 Å². The molecule has 0 spiro atoms. The summed E-state index contributed by atoms with van der Waals surface area (Å²) in [5, 5.41) is 0. The number of pyridine rings is 1. The summed E-state index contributed by atoms with van der Waals surface area (Å²) in [4.78, 5) is 32.0. The maximum Gasteiger partial charge on any atom is 0.419 e. The van der Waals surface area contributed by atoms with Gasteiger partial charge in [-0.1, -0.05) is 0 Å². The second-order valence-electron chi connectivity index (χ2n) is 9.63. The molecule has 11 heteroatoms. The van der Waals surface area contributed by atoms with E-state index in [4.69, 9.17) is 4.74 Å². The molecule has 1 aromatic carbocycles. The van der Waals surface area contributed by atoms with E-state index in [2.05, 4.69) is 4.98 Å². The molecule has 0 N–H and O–H groups in total. The molecule has 1 amide bonds. The van der Waals surface area contributed by atoms with Crippen molar-refractivity contribution in [2.45, 2.75) is 44.0 Å². The van der Waals surface area contributed by atoms with Crippen LogP contribution in [-0.2, 0) is 18.1 Å². The van der Waals surface area contributed by atoms with Gasteiger partial charge in [-0.3, -0.25) is 9.59 Å². The molecule has 3 aromatic rings. The van der Waals surface area contributed by atoms with E-state index in [-0.39, 0.29) is 42.2 Å². The number of carbonyl (C=O) groups is 1. The van der Waals surface area contributed by atoms with Crippen LogP contribution in [0.3, 0.4) is 0 Å². The Morgan fingerprint density at radius 2 is 1.94 bits per heavy atom. The van der Waals surface area contributed by atoms with Gasteiger partial charge in [0.2, 0.25) is 0 Å². The predicted molar refractivity (Wildman–Crippen MR) is 115 cm³/mol. The number of aromatic nitrogens is 3. The normalized spacial score (nSPS) is 24.6. The summed E-state index contributed by atoms with van der Waals surface area (Å²) >= 11 is 0. The van der Waals surface area contributed by atoms with Crippen LogP contribution >= 0.6 is 0 Å². The number of alkyl halides is 3. The zero-order valence-electron chi connectivity index (χ0n) is 18.8. The van der Waals surface area contributed by atoms with Crippen LogP contribution in [-0.4, -0.2) is 43.6 Å². The third-order valence-corrected chi connectivity index (χ3v) is 7.46. The van der Waals surface area contributed by atoms with Crippen LogP contribution in [0.4, 0.5) is 17.6 Å². The molecule has 4 heterocycles. The van der Waals surface area contributed by atoms with Crippen molar-refractivity contribution in [3.8, 4) is 11.4 Å². The summed E-state index contributed by atoms with van der Waals surface area (Å²) in [5.41, 5.74) is -1.81. The second-order valence-corrected chi connectivity index (χ2v) is 9.63. The molecule has 1 saturated carbocycles. The highest BCUT2D eigenvalue weighted by atomic mass is 19.4. The van der Waals surface area contributed by atoms with Gasteiger partial charge in [0.25, 0.3) is 11.5 Å². The van der Waals surface area contributed by atoms with E-state index >= 15 is 0 Å². The zero-order chi connectivity index (χ0) is 24.9. The van der Waals surface area contributed by atoms with Crippen LogP contribution in [0.25, 0.3) is 5.69 Å². The molecule has 0 saturated heterocycles. The number of aryl methyl sites for hydroxylation is 1. The average molecular weight is 488 g/mol. The van der Waals surface area contributed by atoms with Gasteiger partial charge >= 0.3 is 6.18 Å². The van der Waals surface area contributed by atoms with Gasteiger partial charge in [0.1, 0.15) is 28.5 Å². The minimum atomic E-state index is -4.85. The van der Waals surface area contributed by atoms with Gasteiger partial charge in [0, 0.05) is 43.9 Å². The Hall–Kier alpha value is -3.63. The van der Waals surface area contributed by atoms with Gasteiger partial charge in [-0.25, -0.2) is 9.37 Å². The lowest BCUT2D eigenvalue weighted by molar-refractivity contribution is -0.140. The molecule has 35 heavy (non-hydrogen) atoms. The molecule has 0 unspecified atom stereocenters. The third kappa shape index (κ3) is 2.99. The Kier molecular flexibility index (Phi) is 4.21. The summed E-state index contributed by atoms with van der Waals surface area (Å²) in [7, 11) is 0. The van der Waals surface area contributed by atoms with E-state index in [9.17, 15) is 27.2 Å². The molecule has 182 valence electrons. The fourth-order valence-electron chi connectivity index (χ4n) is 5.51. The van der Waals surface area contributed by atoms with Gasteiger partial charge in [-0.2, -0.15) is 13.2 Å². The van der Waals surface area contributed by atoms with Gasteiger partial charge in [0.15, 0.2) is 0 Å². The molecule has 0 bridgehead atoms. The van der Waals surface area contributed by atoms with Crippen molar-refractivity contribution in [2.75, 3.05) is 13.1 Å². The lowest BCUT2D eigenvalue weighted by Gasteiger charge is -2.32. The lowest BCUT2D eigenvalue weighted by Crippen LogP contribution is -2.48. The maximum absolute atomic E-state index is 14.1. The molecule has 6 rings (SSSR count). The number of benzene rings is 1. The highest BCUT2D eigenvalue weighted by Gasteiger charge is 2.73. The van der Waals surface area contributed by atoms with Crippen molar-refractivity contribution in [1.29, 1.82) is 0 Å². The number of halogens is 4. The first-order valence-electron chi connectivity index (χ1n) is 11.1. The van der Waals surface area contributed by atoms with Gasteiger partial charge in [-0.05, 0) is 32.0 Å². The number of hydrogen-bond acceptors (Lipinski definition) is 4. The SMILES string of the molecule is Cc1cn(-c2ccc3n(c2=O)CCN(C[C@]24C[C@@]2(C)Oc2cc(F)c(C(F)(F)F)cc24)C3=O)cn1. The van der Waals surface area contributed by atoms with Gasteiger partial charge < -0.3 is 18.8 Å². The van der Waals surface area contributed by atoms with Crippen molar-refractivity contribution < 1.29 is 27.1 Å². The largest absolute Gasteiger partial charge is 0.486 e.